The molecule has 4 heteroatoms. The van der Waals surface area contributed by atoms with Crippen LogP contribution in [0.1, 0.15) is 12.8 Å². The molecule has 3 unspecified atom stereocenters. The van der Waals surface area contributed by atoms with E-state index in [2.05, 4.69) is 22.1 Å². The second kappa shape index (κ2) is 3.70. The Bertz CT molecular complexity index is 333. The number of aliphatic imine (C=N–C) groups is 2. The molecule has 4 nitrogen and oxygen atoms in total. The molecule has 0 heterocycles. The second-order valence-electron chi connectivity index (χ2n) is 3.80. The summed E-state index contributed by atoms with van der Waals surface area (Å²) in [5, 5.41) is 0. The second-order valence-corrected chi connectivity index (χ2v) is 3.80. The standard InChI is InChI=1S/C10H10N2O2/c13-5-11-10(12-6-14)9-4-7-1-2-8(9)3-7/h1-2,7-10H,3-4H2. The van der Waals surface area contributed by atoms with E-state index in [4.69, 9.17) is 0 Å². The van der Waals surface area contributed by atoms with Gasteiger partial charge in [0.05, 0.1) is 0 Å². The summed E-state index contributed by atoms with van der Waals surface area (Å²) in [7, 11) is 0. The molecular formula is C10H10N2O2. The van der Waals surface area contributed by atoms with Crippen LogP contribution in [0, 0.1) is 17.8 Å². The van der Waals surface area contributed by atoms with Gasteiger partial charge in [0.1, 0.15) is 0 Å². The Kier molecular flexibility index (Phi) is 2.40. The minimum atomic E-state index is -0.565. The first-order chi connectivity index (χ1) is 6.85. The van der Waals surface area contributed by atoms with Crippen molar-refractivity contribution in [3.63, 3.8) is 0 Å². The van der Waals surface area contributed by atoms with E-state index in [-0.39, 0.29) is 5.92 Å². The first kappa shape index (κ1) is 9.07. The molecule has 0 amide bonds. The minimum absolute atomic E-state index is 0.188. The average Bonchev–Trinajstić information content (AvgIpc) is 2.78. The normalized spacial score (nSPS) is 34.7. The van der Waals surface area contributed by atoms with E-state index >= 15 is 0 Å². The smallest absolute Gasteiger partial charge is 0.211 e. The fraction of sp³-hybridized carbons (Fsp3) is 0.600. The van der Waals surface area contributed by atoms with Crippen molar-refractivity contribution in [3.8, 4) is 0 Å². The van der Waals surface area contributed by atoms with Gasteiger partial charge in [-0.25, -0.2) is 9.59 Å². The molecule has 1 saturated carbocycles. The number of rotatable bonds is 3. The van der Waals surface area contributed by atoms with Gasteiger partial charge in [-0.05, 0) is 24.7 Å². The fourth-order valence-electron chi connectivity index (χ4n) is 2.49. The van der Waals surface area contributed by atoms with Gasteiger partial charge in [0.15, 0.2) is 6.17 Å². The van der Waals surface area contributed by atoms with Crippen LogP contribution in [0.4, 0.5) is 0 Å². The molecule has 2 aliphatic carbocycles. The lowest BCUT2D eigenvalue weighted by Gasteiger charge is -2.19. The Morgan fingerprint density at radius 2 is 1.86 bits per heavy atom. The average molecular weight is 190 g/mol. The maximum absolute atomic E-state index is 10.2. The molecular weight excluding hydrogens is 180 g/mol. The van der Waals surface area contributed by atoms with Gasteiger partial charge in [-0.15, -0.1) is 0 Å². The maximum atomic E-state index is 10.2. The van der Waals surface area contributed by atoms with Crippen LogP contribution in [-0.2, 0) is 9.59 Å². The molecule has 2 rings (SSSR count). The molecule has 0 saturated heterocycles. The highest BCUT2D eigenvalue weighted by atomic mass is 16.1. The minimum Gasteiger partial charge on any atom is -0.211 e. The lowest BCUT2D eigenvalue weighted by atomic mass is 9.91. The summed E-state index contributed by atoms with van der Waals surface area (Å²) in [5.41, 5.74) is 0. The summed E-state index contributed by atoms with van der Waals surface area (Å²) in [6.45, 7) is 0. The van der Waals surface area contributed by atoms with Crippen molar-refractivity contribution in [1.82, 2.24) is 0 Å². The fourth-order valence-corrected chi connectivity index (χ4v) is 2.49. The summed E-state index contributed by atoms with van der Waals surface area (Å²) < 4.78 is 0. The summed E-state index contributed by atoms with van der Waals surface area (Å²) in [4.78, 5) is 27.4. The van der Waals surface area contributed by atoms with E-state index in [1.54, 1.807) is 0 Å². The number of hydrogen-bond acceptors (Lipinski definition) is 4. The number of isocyanates is 2. The molecule has 0 aromatic heterocycles. The Balaban J connectivity index is 2.16. The maximum Gasteiger partial charge on any atom is 0.237 e. The monoisotopic (exact) mass is 190 g/mol. The predicted octanol–water partition coefficient (Wildman–Crippen LogP) is 1.20. The molecule has 0 aliphatic heterocycles. The highest BCUT2D eigenvalue weighted by Crippen LogP contribution is 2.45. The largest absolute Gasteiger partial charge is 0.237 e. The van der Waals surface area contributed by atoms with Crippen LogP contribution >= 0.6 is 0 Å². The van der Waals surface area contributed by atoms with Crippen LogP contribution in [-0.4, -0.2) is 18.3 Å². The van der Waals surface area contributed by atoms with Crippen LogP contribution in [0.2, 0.25) is 0 Å². The van der Waals surface area contributed by atoms with E-state index in [1.807, 2.05) is 0 Å². The first-order valence-electron chi connectivity index (χ1n) is 4.67. The number of hydrogen-bond donors (Lipinski definition) is 0. The SMILES string of the molecule is O=C=NC(N=C=O)C1CC2C=CC1C2. The molecule has 14 heavy (non-hydrogen) atoms. The van der Waals surface area contributed by atoms with E-state index in [1.165, 1.54) is 12.2 Å². The molecule has 0 N–H and O–H groups in total. The molecule has 2 aliphatic rings. The van der Waals surface area contributed by atoms with Crippen molar-refractivity contribution in [2.45, 2.75) is 19.0 Å². The van der Waals surface area contributed by atoms with Crippen LogP contribution < -0.4 is 0 Å². The molecule has 1 fully saturated rings. The highest BCUT2D eigenvalue weighted by molar-refractivity contribution is 5.37. The number of nitrogens with zero attached hydrogens (tertiary/aromatic N) is 2. The number of allylic oxidation sites excluding steroid dienone is 2. The van der Waals surface area contributed by atoms with E-state index < -0.39 is 6.17 Å². The van der Waals surface area contributed by atoms with E-state index in [0.717, 1.165) is 12.8 Å². The first-order valence-corrected chi connectivity index (χ1v) is 4.67. The van der Waals surface area contributed by atoms with Crippen LogP contribution in [0.3, 0.4) is 0 Å². The third-order valence-corrected chi connectivity index (χ3v) is 3.08. The van der Waals surface area contributed by atoms with Gasteiger partial charge in [0.25, 0.3) is 0 Å². The van der Waals surface area contributed by atoms with Crippen molar-refractivity contribution >= 4 is 12.2 Å². The zero-order chi connectivity index (χ0) is 9.97. The summed E-state index contributed by atoms with van der Waals surface area (Å²) >= 11 is 0. The molecule has 0 aromatic rings. The third-order valence-electron chi connectivity index (χ3n) is 3.08. The van der Waals surface area contributed by atoms with Gasteiger partial charge >= 0.3 is 0 Å². The Morgan fingerprint density at radius 1 is 1.14 bits per heavy atom. The van der Waals surface area contributed by atoms with Crippen molar-refractivity contribution in [2.24, 2.45) is 27.7 Å². The van der Waals surface area contributed by atoms with E-state index in [0.29, 0.717) is 11.8 Å². The zero-order valence-electron chi connectivity index (χ0n) is 7.59. The molecule has 0 radical (unpaired) electrons. The lowest BCUT2D eigenvalue weighted by Crippen LogP contribution is -2.20. The molecule has 0 spiro atoms. The van der Waals surface area contributed by atoms with Crippen LogP contribution in [0.25, 0.3) is 0 Å². The summed E-state index contributed by atoms with van der Waals surface area (Å²) in [6.07, 6.45) is 8.75. The van der Waals surface area contributed by atoms with Gasteiger partial charge in [0.2, 0.25) is 12.2 Å². The van der Waals surface area contributed by atoms with Crippen molar-refractivity contribution in [3.05, 3.63) is 12.2 Å². The zero-order valence-corrected chi connectivity index (χ0v) is 7.59. The van der Waals surface area contributed by atoms with Crippen LogP contribution in [0.15, 0.2) is 22.1 Å². The topological polar surface area (TPSA) is 58.9 Å². The Labute approximate surface area is 81.4 Å². The van der Waals surface area contributed by atoms with Crippen molar-refractivity contribution < 1.29 is 9.59 Å². The van der Waals surface area contributed by atoms with Crippen molar-refractivity contribution in [1.29, 1.82) is 0 Å². The van der Waals surface area contributed by atoms with E-state index in [9.17, 15) is 9.59 Å². The lowest BCUT2D eigenvalue weighted by molar-refractivity contribution is 0.370. The van der Waals surface area contributed by atoms with Gasteiger partial charge in [-0.1, -0.05) is 12.2 Å². The van der Waals surface area contributed by atoms with Gasteiger partial charge in [-0.2, -0.15) is 9.98 Å². The molecule has 72 valence electrons. The number of fused-ring (bicyclic) bond motifs is 2. The highest BCUT2D eigenvalue weighted by Gasteiger charge is 2.40. The summed E-state index contributed by atoms with van der Waals surface area (Å²) in [5.74, 6) is 1.18. The third kappa shape index (κ3) is 1.46. The Morgan fingerprint density at radius 3 is 2.29 bits per heavy atom. The predicted molar refractivity (Wildman–Crippen MR) is 48.9 cm³/mol. The molecule has 2 bridgehead atoms. The quantitative estimate of drug-likeness (QED) is 0.381. The number of carbonyl (C=O) groups excluding carboxylic acids is 2. The van der Waals surface area contributed by atoms with Gasteiger partial charge < -0.3 is 0 Å². The van der Waals surface area contributed by atoms with Crippen molar-refractivity contribution in [2.75, 3.05) is 0 Å². The molecule has 3 atom stereocenters. The van der Waals surface area contributed by atoms with Crippen LogP contribution in [0.5, 0.6) is 0 Å². The Hall–Kier alpha value is -1.50. The summed E-state index contributed by atoms with van der Waals surface area (Å²) in [6, 6.07) is 0. The van der Waals surface area contributed by atoms with Gasteiger partial charge in [-0.3, -0.25) is 0 Å². The van der Waals surface area contributed by atoms with Gasteiger partial charge in [0, 0.05) is 5.92 Å². The molecule has 0 aromatic carbocycles.